The second-order valence-electron chi connectivity index (χ2n) is 9.13. The molecule has 1 aromatic heterocycles. The molecule has 0 amide bonds. The van der Waals surface area contributed by atoms with Crippen LogP contribution in [0.15, 0.2) is 35.2 Å². The van der Waals surface area contributed by atoms with E-state index in [1.54, 1.807) is 26.7 Å². The molecule has 208 valence electrons. The van der Waals surface area contributed by atoms with Crippen LogP contribution in [-0.4, -0.2) is 48.3 Å². The molecule has 0 aliphatic rings. The molecule has 0 spiro atoms. The van der Waals surface area contributed by atoms with Gasteiger partial charge in [0.15, 0.2) is 0 Å². The summed E-state index contributed by atoms with van der Waals surface area (Å²) in [5, 5.41) is 1.40. The second-order valence-corrected chi connectivity index (χ2v) is 10.5. The van der Waals surface area contributed by atoms with Gasteiger partial charge in [-0.15, -0.1) is 11.3 Å². The Labute approximate surface area is 227 Å². The van der Waals surface area contributed by atoms with E-state index in [0.717, 1.165) is 17.4 Å². The van der Waals surface area contributed by atoms with E-state index >= 15 is 0 Å². The van der Waals surface area contributed by atoms with Gasteiger partial charge in [-0.1, -0.05) is 23.7 Å². The van der Waals surface area contributed by atoms with Gasteiger partial charge in [-0.3, -0.25) is 0 Å². The van der Waals surface area contributed by atoms with Crippen molar-refractivity contribution >= 4 is 40.8 Å². The minimum atomic E-state index is -4.54. The molecule has 1 aromatic carbocycles. The Morgan fingerprint density at radius 3 is 2.26 bits per heavy atom. The van der Waals surface area contributed by atoms with Crippen molar-refractivity contribution in [2.75, 3.05) is 13.2 Å². The van der Waals surface area contributed by atoms with Gasteiger partial charge in [0.25, 0.3) is 5.60 Å². The number of benzene rings is 1. The molecule has 1 heterocycles. The Hall–Kier alpha value is -2.69. The lowest BCUT2D eigenvalue weighted by atomic mass is 9.85. The molecule has 7 nitrogen and oxygen atoms in total. The Morgan fingerprint density at radius 1 is 1.11 bits per heavy atom. The van der Waals surface area contributed by atoms with Gasteiger partial charge in [0.2, 0.25) is 0 Å². The van der Waals surface area contributed by atoms with E-state index in [0.29, 0.717) is 5.56 Å². The van der Waals surface area contributed by atoms with Crippen LogP contribution in [0.2, 0.25) is 5.02 Å². The second kappa shape index (κ2) is 12.4. The molecule has 2 atom stereocenters. The zero-order valence-electron chi connectivity index (χ0n) is 21.5. The minimum absolute atomic E-state index is 0.00803. The van der Waals surface area contributed by atoms with Crippen LogP contribution in [0.1, 0.15) is 45.7 Å². The summed E-state index contributed by atoms with van der Waals surface area (Å²) >= 11 is 7.30. The average Bonchev–Trinajstić information content (AvgIpc) is 3.30. The third-order valence-electron chi connectivity index (χ3n) is 5.20. The molecule has 0 saturated heterocycles. The molecule has 2 aromatic rings. The first-order valence-corrected chi connectivity index (χ1v) is 12.9. The molecule has 2 N–H and O–H groups in total. The quantitative estimate of drug-likeness (QED) is 0.230. The van der Waals surface area contributed by atoms with Gasteiger partial charge in [-0.05, 0) is 69.7 Å². The molecule has 0 bridgehead atoms. The normalized spacial score (nSPS) is 14.3. The third-order valence-corrected chi connectivity index (χ3v) is 6.51. The van der Waals surface area contributed by atoms with Gasteiger partial charge in [0.05, 0.1) is 17.7 Å². The lowest BCUT2D eigenvalue weighted by molar-refractivity contribution is -0.192. The van der Waals surface area contributed by atoms with Gasteiger partial charge in [-0.25, -0.2) is 14.4 Å². The number of ether oxygens (including phenoxy) is 3. The maximum atomic E-state index is 13.3. The van der Waals surface area contributed by atoms with Crippen molar-refractivity contribution in [3.63, 3.8) is 0 Å². The molecule has 0 saturated carbocycles. The number of carbonyl (C=O) groups is 2. The number of thiophene rings is 1. The fourth-order valence-corrected chi connectivity index (χ4v) is 4.83. The average molecular weight is 576 g/mol. The maximum absolute atomic E-state index is 13.3. The number of halogens is 4. The summed E-state index contributed by atoms with van der Waals surface area (Å²) in [7, 11) is 0. The number of rotatable bonds is 10. The monoisotopic (exact) mass is 575 g/mol. The fraction of sp³-hybridized carbons (Fsp3) is 0.462. The van der Waals surface area contributed by atoms with Crippen LogP contribution in [0.25, 0.3) is 10.4 Å². The molecule has 2 rings (SSSR count). The molecule has 12 heteroatoms. The van der Waals surface area contributed by atoms with Crippen LogP contribution in [0.5, 0.6) is 0 Å². The summed E-state index contributed by atoms with van der Waals surface area (Å²) in [4.78, 5) is 38.5. The van der Waals surface area contributed by atoms with E-state index < -0.39 is 46.5 Å². The summed E-state index contributed by atoms with van der Waals surface area (Å²) < 4.78 is 56.0. The smallest absolute Gasteiger partial charge is 0.417 e. The number of alkyl halides is 3. The fourth-order valence-electron chi connectivity index (χ4n) is 3.66. The van der Waals surface area contributed by atoms with Crippen LogP contribution in [0.4, 0.5) is 13.2 Å². The Bertz CT molecular complexity index is 1220. The minimum Gasteiger partial charge on any atom is -0.463 e. The van der Waals surface area contributed by atoms with E-state index in [-0.39, 0.29) is 35.1 Å². The van der Waals surface area contributed by atoms with Crippen LogP contribution < -0.4 is 5.73 Å². The highest BCUT2D eigenvalue weighted by Crippen LogP contribution is 2.41. The zero-order chi connectivity index (χ0) is 28.9. The lowest BCUT2D eigenvalue weighted by Crippen LogP contribution is -2.58. The Morgan fingerprint density at radius 2 is 1.76 bits per heavy atom. The molecular formula is C26H29ClF3NO6S. The maximum Gasteiger partial charge on any atom is 0.417 e. The molecule has 0 radical (unpaired) electrons. The lowest BCUT2D eigenvalue weighted by Gasteiger charge is -2.34. The van der Waals surface area contributed by atoms with Crippen molar-refractivity contribution < 1.29 is 41.8 Å². The highest BCUT2D eigenvalue weighted by Gasteiger charge is 2.57. The van der Waals surface area contributed by atoms with Gasteiger partial charge >= 0.3 is 18.1 Å². The van der Waals surface area contributed by atoms with E-state index in [1.807, 2.05) is 0 Å². The standard InChI is InChI=1S/C26H29ClF3NO6S/c1-6-35-22(33)25(36-7-2,23(34)37-24(3,4)5)18(14-32)20(31)13-15-8-9-16(12-19(15)27)21-17(10-11-38-21)26(28,29)30/h8-12,20H,6-7,13,31H2,1-5H3. The molecule has 38 heavy (non-hydrogen) atoms. The summed E-state index contributed by atoms with van der Waals surface area (Å²) in [6.45, 7) is 7.39. The van der Waals surface area contributed by atoms with Crippen molar-refractivity contribution in [2.45, 2.75) is 64.5 Å². The van der Waals surface area contributed by atoms with E-state index in [2.05, 4.69) is 0 Å². The summed E-state index contributed by atoms with van der Waals surface area (Å²) in [5.74, 6) is -0.808. The Kier molecular flexibility index (Phi) is 10.3. The van der Waals surface area contributed by atoms with E-state index in [1.165, 1.54) is 37.4 Å². The summed E-state index contributed by atoms with van der Waals surface area (Å²) in [6, 6.07) is 3.91. The number of hydrogen-bond acceptors (Lipinski definition) is 8. The van der Waals surface area contributed by atoms with Crippen molar-refractivity contribution in [3.05, 3.63) is 51.4 Å². The predicted octanol–water partition coefficient (Wildman–Crippen LogP) is 5.40. The molecular weight excluding hydrogens is 547 g/mol. The van der Waals surface area contributed by atoms with Crippen LogP contribution in [0, 0.1) is 0 Å². The topological polar surface area (TPSA) is 105 Å². The molecule has 0 aliphatic carbocycles. The Balaban J connectivity index is 2.50. The van der Waals surface area contributed by atoms with Gasteiger partial charge in [0, 0.05) is 22.5 Å². The first-order valence-electron chi connectivity index (χ1n) is 11.6. The largest absolute Gasteiger partial charge is 0.463 e. The first-order chi connectivity index (χ1) is 17.6. The van der Waals surface area contributed by atoms with Crippen LogP contribution in [-0.2, 0) is 41.2 Å². The van der Waals surface area contributed by atoms with Crippen molar-refractivity contribution in [2.24, 2.45) is 5.73 Å². The zero-order valence-corrected chi connectivity index (χ0v) is 23.1. The number of esters is 2. The molecule has 0 fully saturated rings. The summed E-state index contributed by atoms with van der Waals surface area (Å²) in [5.41, 5.74) is 1.85. The number of hydrogen-bond donors (Lipinski definition) is 1. The SMILES string of the molecule is CCOC(=O)C(OCC)(C(=O)OC(C)(C)C)C(=C=O)C(N)Cc1ccc(-c2sccc2C(F)(F)F)cc1Cl. The number of carbonyl (C=O) groups excluding carboxylic acids is 3. The third kappa shape index (κ3) is 7.03. The highest BCUT2D eigenvalue weighted by atomic mass is 35.5. The van der Waals surface area contributed by atoms with Gasteiger partial charge < -0.3 is 19.9 Å². The van der Waals surface area contributed by atoms with E-state index in [9.17, 15) is 27.6 Å². The number of nitrogens with two attached hydrogens (primary N) is 1. The first kappa shape index (κ1) is 31.5. The van der Waals surface area contributed by atoms with Crippen molar-refractivity contribution in [1.82, 2.24) is 0 Å². The van der Waals surface area contributed by atoms with Gasteiger partial charge in [0.1, 0.15) is 11.5 Å². The van der Waals surface area contributed by atoms with Crippen LogP contribution in [0.3, 0.4) is 0 Å². The van der Waals surface area contributed by atoms with E-state index in [4.69, 9.17) is 31.5 Å². The van der Waals surface area contributed by atoms with Crippen molar-refractivity contribution in [3.8, 4) is 10.4 Å². The molecule has 0 aliphatic heterocycles. The van der Waals surface area contributed by atoms with Gasteiger partial charge in [-0.2, -0.15) is 13.2 Å². The van der Waals surface area contributed by atoms with Crippen molar-refractivity contribution in [1.29, 1.82) is 0 Å². The molecule has 2 unspecified atom stereocenters. The van der Waals surface area contributed by atoms with Crippen LogP contribution >= 0.6 is 22.9 Å². The highest BCUT2D eigenvalue weighted by molar-refractivity contribution is 7.13. The predicted molar refractivity (Wildman–Crippen MR) is 137 cm³/mol. The summed E-state index contributed by atoms with van der Waals surface area (Å²) in [6.07, 6.45) is -4.72.